The van der Waals surface area contributed by atoms with Crippen LogP contribution < -0.4 is 4.74 Å². The van der Waals surface area contributed by atoms with Crippen LogP contribution in [0.25, 0.3) is 11.0 Å². The van der Waals surface area contributed by atoms with Crippen molar-refractivity contribution in [2.24, 2.45) is 11.8 Å². The number of fused-ring (bicyclic) bond motifs is 3. The Balaban J connectivity index is 1.45. The van der Waals surface area contributed by atoms with Gasteiger partial charge in [0.15, 0.2) is 0 Å². The Hall–Kier alpha value is -1.74. The minimum atomic E-state index is 0.643. The van der Waals surface area contributed by atoms with Crippen molar-refractivity contribution in [1.82, 2.24) is 4.90 Å². The molecule has 2 aromatic rings. The van der Waals surface area contributed by atoms with Crippen LogP contribution in [-0.4, -0.2) is 31.1 Å². The molecule has 0 spiro atoms. The molecule has 1 aliphatic carbocycles. The summed E-state index contributed by atoms with van der Waals surface area (Å²) in [5.41, 5.74) is 2.25. The zero-order chi connectivity index (χ0) is 17.2. The normalized spacial score (nSPS) is 25.8. The monoisotopic (exact) mass is 339 g/mol. The van der Waals surface area contributed by atoms with Gasteiger partial charge in [-0.3, -0.25) is 4.90 Å². The van der Waals surface area contributed by atoms with Gasteiger partial charge in [-0.05, 0) is 54.9 Å². The second kappa shape index (κ2) is 7.25. The van der Waals surface area contributed by atoms with Crippen molar-refractivity contribution < 1.29 is 9.15 Å². The third-order valence-corrected chi connectivity index (χ3v) is 6.02. The Kier molecular flexibility index (Phi) is 4.85. The van der Waals surface area contributed by atoms with Gasteiger partial charge in [-0.2, -0.15) is 0 Å². The topological polar surface area (TPSA) is 25.6 Å². The molecule has 0 radical (unpaired) electrons. The van der Waals surface area contributed by atoms with Gasteiger partial charge in [0.2, 0.25) is 0 Å². The van der Waals surface area contributed by atoms with E-state index in [0.717, 1.165) is 36.1 Å². The zero-order valence-corrected chi connectivity index (χ0v) is 15.4. The molecule has 3 atom stereocenters. The highest BCUT2D eigenvalue weighted by Gasteiger charge is 2.36. The van der Waals surface area contributed by atoms with Crippen molar-refractivity contribution in [3.63, 3.8) is 0 Å². The molecule has 3 aliphatic rings. The number of unbranched alkanes of at least 4 members (excludes halogenated alkanes) is 1. The SMILES string of the molecule is CCCCC1CC2C=CC1N(CCc1coc3ccc(OC)cc13)C2. The van der Waals surface area contributed by atoms with E-state index >= 15 is 0 Å². The second-order valence-electron chi connectivity index (χ2n) is 7.64. The number of ether oxygens (including phenoxy) is 1. The number of rotatable bonds is 7. The smallest absolute Gasteiger partial charge is 0.134 e. The minimum Gasteiger partial charge on any atom is -0.497 e. The fraction of sp³-hybridized carbons (Fsp3) is 0.545. The lowest BCUT2D eigenvalue weighted by Gasteiger charge is -2.46. The Morgan fingerprint density at radius 2 is 2.20 bits per heavy atom. The van der Waals surface area contributed by atoms with E-state index in [2.05, 4.69) is 30.0 Å². The average Bonchev–Trinajstić information content (AvgIpc) is 3.07. The van der Waals surface area contributed by atoms with Gasteiger partial charge in [-0.15, -0.1) is 0 Å². The van der Waals surface area contributed by atoms with Crippen LogP contribution in [0.4, 0.5) is 0 Å². The quantitative estimate of drug-likeness (QED) is 0.660. The first-order valence-corrected chi connectivity index (χ1v) is 9.75. The Bertz CT molecular complexity index is 748. The summed E-state index contributed by atoms with van der Waals surface area (Å²) in [4.78, 5) is 2.70. The summed E-state index contributed by atoms with van der Waals surface area (Å²) >= 11 is 0. The van der Waals surface area contributed by atoms with Gasteiger partial charge in [-0.25, -0.2) is 0 Å². The number of hydrogen-bond acceptors (Lipinski definition) is 3. The fourth-order valence-electron chi connectivity index (χ4n) is 4.65. The van der Waals surface area contributed by atoms with Crippen LogP contribution in [0.15, 0.2) is 41.0 Å². The summed E-state index contributed by atoms with van der Waals surface area (Å²) in [6.45, 7) is 4.63. The minimum absolute atomic E-state index is 0.643. The molecule has 1 aromatic heterocycles. The molecule has 1 fully saturated rings. The Morgan fingerprint density at radius 3 is 3.00 bits per heavy atom. The van der Waals surface area contributed by atoms with Gasteiger partial charge in [-0.1, -0.05) is 31.9 Å². The molecule has 3 heteroatoms. The molecule has 1 aromatic carbocycles. The van der Waals surface area contributed by atoms with Gasteiger partial charge in [0.05, 0.1) is 13.4 Å². The molecule has 2 bridgehead atoms. The lowest BCUT2D eigenvalue weighted by atomic mass is 9.75. The van der Waals surface area contributed by atoms with Crippen molar-refractivity contribution in [1.29, 1.82) is 0 Å². The Labute approximate surface area is 150 Å². The zero-order valence-electron chi connectivity index (χ0n) is 15.4. The van der Waals surface area contributed by atoms with Crippen molar-refractivity contribution >= 4 is 11.0 Å². The highest BCUT2D eigenvalue weighted by Crippen LogP contribution is 2.37. The molecule has 3 unspecified atom stereocenters. The molecular formula is C22H29NO2. The summed E-state index contributed by atoms with van der Waals surface area (Å²) in [6, 6.07) is 6.71. The van der Waals surface area contributed by atoms with E-state index in [1.165, 1.54) is 43.2 Å². The third-order valence-electron chi connectivity index (χ3n) is 6.02. The van der Waals surface area contributed by atoms with Crippen LogP contribution in [0.2, 0.25) is 0 Å². The molecule has 0 amide bonds. The van der Waals surface area contributed by atoms with E-state index in [1.54, 1.807) is 7.11 Å². The van der Waals surface area contributed by atoms with Crippen LogP contribution in [0, 0.1) is 11.8 Å². The Morgan fingerprint density at radius 1 is 1.28 bits per heavy atom. The lowest BCUT2D eigenvalue weighted by molar-refractivity contribution is 0.0789. The molecule has 3 nitrogen and oxygen atoms in total. The molecule has 5 rings (SSSR count). The predicted octanol–water partition coefficient (Wildman–Crippen LogP) is 5.05. The number of piperidine rings is 1. The van der Waals surface area contributed by atoms with Gasteiger partial charge in [0.1, 0.15) is 11.3 Å². The molecule has 3 heterocycles. The maximum atomic E-state index is 5.74. The molecule has 1 saturated heterocycles. The molecule has 0 saturated carbocycles. The van der Waals surface area contributed by atoms with E-state index in [9.17, 15) is 0 Å². The van der Waals surface area contributed by atoms with Crippen LogP contribution in [-0.2, 0) is 6.42 Å². The van der Waals surface area contributed by atoms with Gasteiger partial charge in [0.25, 0.3) is 0 Å². The molecule has 2 aliphatic heterocycles. The summed E-state index contributed by atoms with van der Waals surface area (Å²) in [6.07, 6.45) is 13.3. The first-order chi connectivity index (χ1) is 12.3. The van der Waals surface area contributed by atoms with Crippen molar-refractivity contribution in [2.45, 2.75) is 45.1 Å². The van der Waals surface area contributed by atoms with Crippen molar-refractivity contribution in [2.75, 3.05) is 20.2 Å². The van der Waals surface area contributed by atoms with Crippen LogP contribution in [0.1, 0.15) is 38.2 Å². The van der Waals surface area contributed by atoms with Crippen LogP contribution in [0.3, 0.4) is 0 Å². The van der Waals surface area contributed by atoms with Gasteiger partial charge in [0, 0.05) is 24.5 Å². The summed E-state index contributed by atoms with van der Waals surface area (Å²) in [5.74, 6) is 2.51. The first-order valence-electron chi connectivity index (χ1n) is 9.75. The van der Waals surface area contributed by atoms with Crippen molar-refractivity contribution in [3.05, 3.63) is 42.2 Å². The largest absolute Gasteiger partial charge is 0.497 e. The summed E-state index contributed by atoms with van der Waals surface area (Å²) < 4.78 is 11.1. The van der Waals surface area contributed by atoms with Gasteiger partial charge >= 0.3 is 0 Å². The van der Waals surface area contributed by atoms with Gasteiger partial charge < -0.3 is 9.15 Å². The van der Waals surface area contributed by atoms with Crippen LogP contribution in [0.5, 0.6) is 5.75 Å². The van der Waals surface area contributed by atoms with E-state index in [0.29, 0.717) is 6.04 Å². The molecule has 0 N–H and O–H groups in total. The summed E-state index contributed by atoms with van der Waals surface area (Å²) in [5, 5.41) is 1.19. The maximum Gasteiger partial charge on any atom is 0.134 e. The molecule has 134 valence electrons. The fourth-order valence-corrected chi connectivity index (χ4v) is 4.65. The standard InChI is InChI=1S/C22H29NO2/c1-3-4-5-17-12-16-6-8-21(17)23(14-16)11-10-18-15-25-22-9-7-19(24-2)13-20(18)22/h6-9,13,15-17,21H,3-5,10-12,14H2,1-2H3. The molecular weight excluding hydrogens is 310 g/mol. The number of methoxy groups -OCH3 is 1. The third kappa shape index (κ3) is 3.35. The van der Waals surface area contributed by atoms with Crippen LogP contribution >= 0.6 is 0 Å². The van der Waals surface area contributed by atoms with E-state index in [4.69, 9.17) is 9.15 Å². The van der Waals surface area contributed by atoms with E-state index < -0.39 is 0 Å². The van der Waals surface area contributed by atoms with E-state index in [1.807, 2.05) is 18.4 Å². The number of furan rings is 1. The summed E-state index contributed by atoms with van der Waals surface area (Å²) in [7, 11) is 1.72. The highest BCUT2D eigenvalue weighted by atomic mass is 16.5. The highest BCUT2D eigenvalue weighted by molar-refractivity contribution is 5.82. The molecule has 25 heavy (non-hydrogen) atoms. The second-order valence-corrected chi connectivity index (χ2v) is 7.64. The lowest BCUT2D eigenvalue weighted by Crippen LogP contribution is -2.50. The predicted molar refractivity (Wildman–Crippen MR) is 102 cm³/mol. The maximum absolute atomic E-state index is 5.74. The number of hydrogen-bond donors (Lipinski definition) is 0. The van der Waals surface area contributed by atoms with Crippen molar-refractivity contribution in [3.8, 4) is 5.75 Å². The number of nitrogens with zero attached hydrogens (tertiary/aromatic N) is 1. The average molecular weight is 339 g/mol. The first kappa shape index (κ1) is 16.7. The van der Waals surface area contributed by atoms with E-state index in [-0.39, 0.29) is 0 Å². The number of benzene rings is 1.